The summed E-state index contributed by atoms with van der Waals surface area (Å²) in [6, 6.07) is 17.6. The van der Waals surface area contributed by atoms with E-state index in [1.54, 1.807) is 4.90 Å². The third-order valence-corrected chi connectivity index (χ3v) is 5.74. The molecule has 0 unspecified atom stereocenters. The number of hydrogen-bond donors (Lipinski definition) is 1. The quantitative estimate of drug-likeness (QED) is 0.743. The number of carbonyl (C=O) groups excluding carboxylic acids is 1. The van der Waals surface area contributed by atoms with Crippen LogP contribution in [0, 0.1) is 0 Å². The number of piperidine rings is 1. The molecule has 0 bridgehead atoms. The van der Waals surface area contributed by atoms with Crippen molar-refractivity contribution < 1.29 is 9.90 Å². The number of aliphatic hydroxyl groups excluding tert-OH is 1. The lowest BCUT2D eigenvalue weighted by atomic mass is 9.77. The van der Waals surface area contributed by atoms with Gasteiger partial charge in [-0.2, -0.15) is 15.0 Å². The van der Waals surface area contributed by atoms with Gasteiger partial charge in [-0.25, -0.2) is 0 Å². The van der Waals surface area contributed by atoms with Crippen molar-refractivity contribution in [1.82, 2.24) is 24.8 Å². The molecule has 1 aliphatic heterocycles. The molecule has 1 aliphatic rings. The Bertz CT molecular complexity index is 938. The van der Waals surface area contributed by atoms with E-state index in [9.17, 15) is 9.90 Å². The molecule has 0 aliphatic carbocycles. The summed E-state index contributed by atoms with van der Waals surface area (Å²) >= 11 is 0. The van der Waals surface area contributed by atoms with Crippen LogP contribution in [0.3, 0.4) is 0 Å². The lowest BCUT2D eigenvalue weighted by molar-refractivity contribution is -0.141. The van der Waals surface area contributed by atoms with E-state index in [4.69, 9.17) is 0 Å². The largest absolute Gasteiger partial charge is 0.389 e. The number of carbonyl (C=O) groups is 1. The summed E-state index contributed by atoms with van der Waals surface area (Å²) in [6.07, 6.45) is -0.0296. The van der Waals surface area contributed by atoms with Gasteiger partial charge in [0.05, 0.1) is 11.6 Å². The monoisotopic (exact) mass is 379 g/mol. The Balaban J connectivity index is 1.50. The van der Waals surface area contributed by atoms with Gasteiger partial charge in [-0.1, -0.05) is 42.5 Å². The number of aliphatic hydroxyl groups is 1. The van der Waals surface area contributed by atoms with Gasteiger partial charge in [0, 0.05) is 13.1 Å². The van der Waals surface area contributed by atoms with Crippen molar-refractivity contribution in [3.05, 3.63) is 60.2 Å². The van der Waals surface area contributed by atoms with Gasteiger partial charge in [0.15, 0.2) is 0 Å². The number of benzene rings is 2. The molecule has 7 heteroatoms. The fourth-order valence-electron chi connectivity index (χ4n) is 4.19. The third kappa shape index (κ3) is 3.16. The minimum absolute atomic E-state index is 0.0711. The number of likely N-dealkylation sites (tertiary alicyclic amines) is 1. The molecule has 0 saturated carbocycles. The molecular weight excluding hydrogens is 354 g/mol. The molecule has 2 aromatic carbocycles. The second-order valence-electron chi connectivity index (χ2n) is 7.51. The highest BCUT2D eigenvalue weighted by Crippen LogP contribution is 2.37. The molecule has 28 heavy (non-hydrogen) atoms. The second-order valence-corrected chi connectivity index (χ2v) is 7.51. The number of β-amino-alcohol motifs (C(OH)–C–C–N with tert-alkyl or cyclic N) is 1. The second kappa shape index (κ2) is 7.33. The van der Waals surface area contributed by atoms with Crippen molar-refractivity contribution in [2.45, 2.75) is 24.6 Å². The Morgan fingerprint density at radius 3 is 2.29 bits per heavy atom. The molecule has 2 heterocycles. The Labute approximate surface area is 164 Å². The van der Waals surface area contributed by atoms with Crippen LogP contribution in [0.15, 0.2) is 54.6 Å². The molecule has 1 saturated heterocycles. The molecule has 146 valence electrons. The SMILES string of the molecule is CN(C)[C@]1(c2ccccc2)CCN(C(=O)Cn2nc3ccccc3n2)C[C@H]1O. The molecule has 4 rings (SSSR count). The molecule has 2 atom stereocenters. The van der Waals surface area contributed by atoms with Crippen molar-refractivity contribution in [3.8, 4) is 0 Å². The zero-order chi connectivity index (χ0) is 19.7. The predicted octanol–water partition coefficient (Wildman–Crippen LogP) is 1.48. The van der Waals surface area contributed by atoms with Crippen molar-refractivity contribution in [3.63, 3.8) is 0 Å². The fraction of sp³-hybridized carbons (Fsp3) is 0.381. The van der Waals surface area contributed by atoms with Crippen molar-refractivity contribution in [2.24, 2.45) is 0 Å². The molecule has 7 nitrogen and oxygen atoms in total. The summed E-state index contributed by atoms with van der Waals surface area (Å²) in [5, 5.41) is 19.8. The molecule has 0 radical (unpaired) electrons. The van der Waals surface area contributed by atoms with Crippen LogP contribution < -0.4 is 0 Å². The molecule has 3 aromatic rings. The lowest BCUT2D eigenvalue weighted by Crippen LogP contribution is -2.61. The summed E-state index contributed by atoms with van der Waals surface area (Å²) in [4.78, 5) is 18.0. The van der Waals surface area contributed by atoms with Crippen molar-refractivity contribution in [2.75, 3.05) is 27.2 Å². The van der Waals surface area contributed by atoms with Crippen molar-refractivity contribution >= 4 is 16.9 Å². The van der Waals surface area contributed by atoms with Crippen LogP contribution in [0.4, 0.5) is 0 Å². The van der Waals surface area contributed by atoms with Crippen LogP contribution in [0.5, 0.6) is 0 Å². The van der Waals surface area contributed by atoms with E-state index in [1.807, 2.05) is 68.7 Å². The smallest absolute Gasteiger partial charge is 0.246 e. The van der Waals surface area contributed by atoms with Gasteiger partial charge in [-0.05, 0) is 38.2 Å². The average molecular weight is 379 g/mol. The van der Waals surface area contributed by atoms with Crippen LogP contribution in [-0.2, 0) is 16.9 Å². The van der Waals surface area contributed by atoms with E-state index >= 15 is 0 Å². The van der Waals surface area contributed by atoms with E-state index in [-0.39, 0.29) is 19.0 Å². The Kier molecular flexibility index (Phi) is 4.87. The van der Waals surface area contributed by atoms with Gasteiger partial charge in [-0.3, -0.25) is 9.69 Å². The van der Waals surface area contributed by atoms with Crippen LogP contribution in [0.25, 0.3) is 11.0 Å². The molecular formula is C21H25N5O2. The number of rotatable bonds is 4. The Hall–Kier alpha value is -2.77. The molecule has 1 fully saturated rings. The number of likely N-dealkylation sites (N-methyl/N-ethyl adjacent to an activating group) is 1. The van der Waals surface area contributed by atoms with Crippen LogP contribution in [0.1, 0.15) is 12.0 Å². The first-order valence-corrected chi connectivity index (χ1v) is 9.49. The summed E-state index contributed by atoms with van der Waals surface area (Å²) in [5.74, 6) is -0.0835. The van der Waals surface area contributed by atoms with Crippen LogP contribution in [0.2, 0.25) is 0 Å². The first-order chi connectivity index (χ1) is 13.5. The number of fused-ring (bicyclic) bond motifs is 1. The number of hydrogen-bond acceptors (Lipinski definition) is 5. The Morgan fingerprint density at radius 1 is 1.11 bits per heavy atom. The van der Waals surface area contributed by atoms with E-state index in [0.29, 0.717) is 13.0 Å². The standard InChI is InChI=1S/C21H25N5O2/c1-24(2)21(16-8-4-3-5-9-16)12-13-25(14-19(21)27)20(28)15-26-22-17-10-6-7-11-18(17)23-26/h3-11,19,27H,12-15H2,1-2H3/t19-,21+/m1/s1. The minimum atomic E-state index is -0.688. The summed E-state index contributed by atoms with van der Waals surface area (Å²) in [6.45, 7) is 0.929. The van der Waals surface area contributed by atoms with Gasteiger partial charge < -0.3 is 10.0 Å². The molecule has 0 spiro atoms. The number of aromatic nitrogens is 3. The predicted molar refractivity (Wildman–Crippen MR) is 107 cm³/mol. The lowest BCUT2D eigenvalue weighted by Gasteiger charge is -2.49. The summed E-state index contributed by atoms with van der Waals surface area (Å²) < 4.78 is 0. The topological polar surface area (TPSA) is 74.5 Å². The molecule has 1 N–H and O–H groups in total. The van der Waals surface area contributed by atoms with E-state index in [1.165, 1.54) is 4.80 Å². The van der Waals surface area contributed by atoms with Gasteiger partial charge in [0.1, 0.15) is 17.6 Å². The highest BCUT2D eigenvalue weighted by atomic mass is 16.3. The number of nitrogens with zero attached hydrogens (tertiary/aromatic N) is 5. The van der Waals surface area contributed by atoms with E-state index in [2.05, 4.69) is 15.1 Å². The Morgan fingerprint density at radius 2 is 1.71 bits per heavy atom. The summed E-state index contributed by atoms with van der Waals surface area (Å²) in [5.41, 5.74) is 2.10. The highest BCUT2D eigenvalue weighted by molar-refractivity contribution is 5.77. The first-order valence-electron chi connectivity index (χ1n) is 9.49. The van der Waals surface area contributed by atoms with Crippen molar-refractivity contribution in [1.29, 1.82) is 0 Å². The zero-order valence-electron chi connectivity index (χ0n) is 16.2. The average Bonchev–Trinajstić information content (AvgIpc) is 3.10. The summed E-state index contributed by atoms with van der Waals surface area (Å²) in [7, 11) is 3.96. The highest BCUT2D eigenvalue weighted by Gasteiger charge is 2.46. The van der Waals surface area contributed by atoms with E-state index < -0.39 is 11.6 Å². The maximum absolute atomic E-state index is 12.8. The molecule has 1 aromatic heterocycles. The first kappa shape index (κ1) is 18.6. The van der Waals surface area contributed by atoms with Crippen LogP contribution in [-0.4, -0.2) is 69.1 Å². The van der Waals surface area contributed by atoms with Gasteiger partial charge in [0.2, 0.25) is 5.91 Å². The fourth-order valence-corrected chi connectivity index (χ4v) is 4.19. The van der Waals surface area contributed by atoms with E-state index in [0.717, 1.165) is 16.6 Å². The zero-order valence-corrected chi connectivity index (χ0v) is 16.2. The maximum Gasteiger partial charge on any atom is 0.246 e. The maximum atomic E-state index is 12.8. The minimum Gasteiger partial charge on any atom is -0.389 e. The normalized spacial score (nSPS) is 22.7. The van der Waals surface area contributed by atoms with Crippen LogP contribution >= 0.6 is 0 Å². The molecule has 1 amide bonds. The van der Waals surface area contributed by atoms with Gasteiger partial charge in [-0.15, -0.1) is 0 Å². The van der Waals surface area contributed by atoms with Gasteiger partial charge in [0.25, 0.3) is 0 Å². The van der Waals surface area contributed by atoms with Gasteiger partial charge >= 0.3 is 0 Å². The third-order valence-electron chi connectivity index (χ3n) is 5.74. The number of amides is 1.